The first-order valence-electron chi connectivity index (χ1n) is 10.5. The number of ether oxygens (including phenoxy) is 1. The van der Waals surface area contributed by atoms with Crippen LogP contribution in [0.15, 0.2) is 0 Å². The molecule has 0 aromatic carbocycles. The van der Waals surface area contributed by atoms with E-state index in [1.807, 2.05) is 11.8 Å². The summed E-state index contributed by atoms with van der Waals surface area (Å²) in [5, 5.41) is 9.55. The van der Waals surface area contributed by atoms with Gasteiger partial charge in [0, 0.05) is 36.8 Å². The molecule has 0 aliphatic carbocycles. The van der Waals surface area contributed by atoms with Gasteiger partial charge in [0.2, 0.25) is 5.91 Å². The molecule has 3 saturated heterocycles. The van der Waals surface area contributed by atoms with Gasteiger partial charge in [-0.15, -0.1) is 5.06 Å². The molecule has 172 valence electrons. The number of hydrogen-bond donors (Lipinski definition) is 3. The summed E-state index contributed by atoms with van der Waals surface area (Å²) >= 11 is 1.86. The number of nitrogens with one attached hydrogen (secondary N) is 3. The summed E-state index contributed by atoms with van der Waals surface area (Å²) in [5.74, 6) is -0.874. The van der Waals surface area contributed by atoms with E-state index in [0.29, 0.717) is 23.3 Å². The Morgan fingerprint density at radius 3 is 2.61 bits per heavy atom. The van der Waals surface area contributed by atoms with Gasteiger partial charge < -0.3 is 25.5 Å². The lowest BCUT2D eigenvalue weighted by atomic mass is 10.0. The number of carbonyl (C=O) groups excluding carboxylic acids is 5. The number of carbonyl (C=O) groups is 5. The van der Waals surface area contributed by atoms with Gasteiger partial charge in [-0.2, -0.15) is 11.8 Å². The Morgan fingerprint density at radius 2 is 1.84 bits per heavy atom. The number of rotatable bonds is 12. The van der Waals surface area contributed by atoms with Crippen LogP contribution in [-0.4, -0.2) is 77.6 Å². The zero-order chi connectivity index (χ0) is 22.2. The van der Waals surface area contributed by atoms with Crippen molar-refractivity contribution < 1.29 is 33.5 Å². The summed E-state index contributed by atoms with van der Waals surface area (Å²) in [5.41, 5.74) is 0. The van der Waals surface area contributed by atoms with E-state index in [2.05, 4.69) is 16.0 Å². The van der Waals surface area contributed by atoms with E-state index in [9.17, 15) is 24.0 Å². The summed E-state index contributed by atoms with van der Waals surface area (Å²) in [6.07, 6.45) is 3.11. The second kappa shape index (κ2) is 11.3. The zero-order valence-electron chi connectivity index (χ0n) is 17.2. The van der Waals surface area contributed by atoms with Crippen LogP contribution in [0.5, 0.6) is 0 Å². The van der Waals surface area contributed by atoms with Gasteiger partial charge in [-0.05, 0) is 12.8 Å². The number of fused-ring (bicyclic) bond motifs is 1. The standard InChI is InChI=1S/C19H28N4O7S/c24-14(4-2-1-3-13-18-12(11-31-13)21-19(28)22-18)20-8-10-29-9-7-17(27)30-23-15(25)5-6-16(23)26/h12-13,18H,1-11H2,(H,20,24)(H2,21,22,28)/t12-,13-,18-/m0/s1. The topological polar surface area (TPSA) is 143 Å². The van der Waals surface area contributed by atoms with Gasteiger partial charge in [0.15, 0.2) is 0 Å². The zero-order valence-corrected chi connectivity index (χ0v) is 18.0. The molecule has 31 heavy (non-hydrogen) atoms. The van der Waals surface area contributed by atoms with Crippen LogP contribution in [0.2, 0.25) is 0 Å². The lowest BCUT2D eigenvalue weighted by Gasteiger charge is -2.16. The number of urea groups is 1. The molecular formula is C19H28N4O7S. The second-order valence-corrected chi connectivity index (χ2v) is 8.90. The predicted molar refractivity (Wildman–Crippen MR) is 110 cm³/mol. The number of hydroxylamine groups is 2. The molecule has 0 spiro atoms. The maximum absolute atomic E-state index is 11.9. The average molecular weight is 457 g/mol. The lowest BCUT2D eigenvalue weighted by Crippen LogP contribution is -2.36. The van der Waals surface area contributed by atoms with Crippen LogP contribution >= 0.6 is 11.8 Å². The van der Waals surface area contributed by atoms with Gasteiger partial charge in [0.05, 0.1) is 31.7 Å². The molecule has 3 N–H and O–H groups in total. The third kappa shape index (κ3) is 6.82. The summed E-state index contributed by atoms with van der Waals surface area (Å²) < 4.78 is 5.27. The fourth-order valence-electron chi connectivity index (χ4n) is 3.69. The summed E-state index contributed by atoms with van der Waals surface area (Å²) in [7, 11) is 0. The normalized spacial score (nSPS) is 24.7. The highest BCUT2D eigenvalue weighted by Crippen LogP contribution is 2.33. The van der Waals surface area contributed by atoms with Crippen molar-refractivity contribution in [2.75, 3.05) is 25.5 Å². The van der Waals surface area contributed by atoms with Crippen LogP contribution in [0, 0.1) is 0 Å². The highest BCUT2D eigenvalue weighted by atomic mass is 32.2. The number of amides is 5. The van der Waals surface area contributed by atoms with Crippen molar-refractivity contribution in [3.63, 3.8) is 0 Å². The molecule has 0 radical (unpaired) electrons. The average Bonchev–Trinajstić information content (AvgIpc) is 3.38. The van der Waals surface area contributed by atoms with Crippen molar-refractivity contribution in [3.05, 3.63) is 0 Å². The molecule has 12 heteroatoms. The highest BCUT2D eigenvalue weighted by Gasteiger charge is 2.42. The van der Waals surface area contributed by atoms with Gasteiger partial charge in [-0.25, -0.2) is 9.59 Å². The van der Waals surface area contributed by atoms with Crippen molar-refractivity contribution in [1.82, 2.24) is 21.0 Å². The van der Waals surface area contributed by atoms with E-state index < -0.39 is 17.8 Å². The van der Waals surface area contributed by atoms with Crippen LogP contribution in [0.25, 0.3) is 0 Å². The van der Waals surface area contributed by atoms with Crippen molar-refractivity contribution in [2.24, 2.45) is 0 Å². The van der Waals surface area contributed by atoms with Gasteiger partial charge in [-0.1, -0.05) is 6.42 Å². The minimum absolute atomic E-state index is 0.0538. The fraction of sp³-hybridized carbons (Fsp3) is 0.737. The van der Waals surface area contributed by atoms with Crippen molar-refractivity contribution in [2.45, 2.75) is 62.3 Å². The number of thioether (sulfide) groups is 1. The van der Waals surface area contributed by atoms with E-state index in [1.165, 1.54) is 0 Å². The summed E-state index contributed by atoms with van der Waals surface area (Å²) in [6.45, 7) is 0.642. The molecular weight excluding hydrogens is 428 g/mol. The Hall–Kier alpha value is -2.34. The Balaban J connectivity index is 1.15. The summed E-state index contributed by atoms with van der Waals surface area (Å²) in [6, 6.07) is 0.325. The second-order valence-electron chi connectivity index (χ2n) is 7.63. The quantitative estimate of drug-likeness (QED) is 0.209. The molecule has 5 amide bonds. The first-order chi connectivity index (χ1) is 14.9. The lowest BCUT2D eigenvalue weighted by molar-refractivity contribution is -0.198. The van der Waals surface area contributed by atoms with Crippen molar-refractivity contribution >= 4 is 41.5 Å². The molecule has 0 aromatic heterocycles. The largest absolute Gasteiger partial charge is 0.379 e. The molecule has 0 unspecified atom stereocenters. The highest BCUT2D eigenvalue weighted by molar-refractivity contribution is 8.00. The maximum Gasteiger partial charge on any atom is 0.335 e. The molecule has 3 aliphatic rings. The van der Waals surface area contributed by atoms with Crippen LogP contribution < -0.4 is 16.0 Å². The van der Waals surface area contributed by atoms with Crippen LogP contribution in [0.3, 0.4) is 0 Å². The molecule has 0 bridgehead atoms. The Kier molecular flexibility index (Phi) is 8.52. The van der Waals surface area contributed by atoms with E-state index >= 15 is 0 Å². The maximum atomic E-state index is 11.9. The van der Waals surface area contributed by atoms with Crippen molar-refractivity contribution in [3.8, 4) is 0 Å². The molecule has 3 atom stereocenters. The number of nitrogens with zero attached hydrogens (tertiary/aromatic N) is 1. The molecule has 11 nitrogen and oxygen atoms in total. The van der Waals surface area contributed by atoms with Gasteiger partial charge >= 0.3 is 12.0 Å². The minimum Gasteiger partial charge on any atom is -0.379 e. The first kappa shape index (κ1) is 23.3. The van der Waals surface area contributed by atoms with E-state index in [4.69, 9.17) is 9.57 Å². The third-order valence-electron chi connectivity index (χ3n) is 5.30. The Morgan fingerprint density at radius 1 is 1.06 bits per heavy atom. The van der Waals surface area contributed by atoms with Gasteiger partial charge in [-0.3, -0.25) is 14.4 Å². The predicted octanol–water partition coefficient (Wildman–Crippen LogP) is -0.158. The smallest absolute Gasteiger partial charge is 0.335 e. The molecule has 3 aliphatic heterocycles. The van der Waals surface area contributed by atoms with Crippen LogP contribution in [0.1, 0.15) is 44.9 Å². The number of unbranched alkanes of at least 4 members (excludes halogenated alkanes) is 1. The molecule has 0 saturated carbocycles. The molecule has 3 fully saturated rings. The number of imide groups is 1. The Labute approximate surface area is 184 Å². The number of hydrogen-bond acceptors (Lipinski definition) is 8. The third-order valence-corrected chi connectivity index (χ3v) is 6.81. The van der Waals surface area contributed by atoms with Gasteiger partial charge in [0.1, 0.15) is 0 Å². The SMILES string of the molecule is O=C(CCCC[C@@H]1SC[C@@H]2NC(=O)N[C@@H]21)NCCOCCC(=O)ON1C(=O)CCC1=O. The molecule has 3 rings (SSSR count). The molecule has 0 aromatic rings. The summed E-state index contributed by atoms with van der Waals surface area (Å²) in [4.78, 5) is 62.3. The van der Waals surface area contributed by atoms with E-state index in [-0.39, 0.29) is 56.5 Å². The minimum atomic E-state index is -0.715. The van der Waals surface area contributed by atoms with Crippen molar-refractivity contribution in [1.29, 1.82) is 0 Å². The monoisotopic (exact) mass is 456 g/mol. The molecule has 3 heterocycles. The Bertz CT molecular complexity index is 703. The van der Waals surface area contributed by atoms with Crippen LogP contribution in [-0.2, 0) is 28.8 Å². The van der Waals surface area contributed by atoms with E-state index in [1.54, 1.807) is 0 Å². The van der Waals surface area contributed by atoms with Gasteiger partial charge in [0.25, 0.3) is 11.8 Å². The fourth-order valence-corrected chi connectivity index (χ4v) is 5.23. The van der Waals surface area contributed by atoms with Crippen LogP contribution in [0.4, 0.5) is 4.79 Å². The first-order valence-corrected chi connectivity index (χ1v) is 11.6. The van der Waals surface area contributed by atoms with E-state index in [0.717, 1.165) is 25.0 Å².